The Labute approximate surface area is 353 Å². The normalized spacial score (nSPS) is 22.3. The van der Waals surface area contributed by atoms with Gasteiger partial charge in [-0.2, -0.15) is 0 Å². The van der Waals surface area contributed by atoms with Crippen LogP contribution in [0.5, 0.6) is 5.75 Å². The van der Waals surface area contributed by atoms with Crippen molar-refractivity contribution >= 4 is 63.1 Å². The van der Waals surface area contributed by atoms with Crippen LogP contribution in [0.2, 0.25) is 0 Å². The first-order valence-electron chi connectivity index (χ1n) is 20.5. The molecule has 19 heteroatoms. The molecular weight excluding hydrogens is 815 g/mol. The molecule has 0 aliphatic carbocycles. The fourth-order valence-corrected chi connectivity index (χ4v) is 9.80. The molecule has 5 N–H and O–H groups in total. The smallest absolute Gasteiger partial charge is 0.266 e. The summed E-state index contributed by atoms with van der Waals surface area (Å²) >= 11 is 1.57. The third-order valence-electron chi connectivity index (χ3n) is 11.1. The molecule has 60 heavy (non-hydrogen) atoms. The molecule has 0 spiro atoms. The number of nitrogens with zero attached hydrogens (tertiary/aromatic N) is 2. The van der Waals surface area contributed by atoms with E-state index in [2.05, 4.69) is 26.6 Å². The van der Waals surface area contributed by atoms with Gasteiger partial charge in [0, 0.05) is 44.3 Å². The van der Waals surface area contributed by atoms with Crippen LogP contribution in [-0.2, 0) is 34.0 Å². The summed E-state index contributed by atoms with van der Waals surface area (Å²) in [5, 5.41) is 14.4. The van der Waals surface area contributed by atoms with Crippen LogP contribution in [0.4, 0.5) is 0 Å². The first-order valence-corrected chi connectivity index (χ1v) is 23.4. The predicted octanol–water partition coefficient (Wildman–Crippen LogP) is 1.95. The quantitative estimate of drug-likeness (QED) is 0.0951. The Kier molecular flexibility index (Phi) is 15.4. The molecule has 324 valence electrons. The number of hydrogen-bond acceptors (Lipinski definition) is 12. The Morgan fingerprint density at radius 3 is 2.47 bits per heavy atom. The Morgan fingerprint density at radius 1 is 0.933 bits per heavy atom. The van der Waals surface area contributed by atoms with Gasteiger partial charge in [-0.25, -0.2) is 12.7 Å². The van der Waals surface area contributed by atoms with E-state index >= 15 is 0 Å². The molecule has 2 aromatic rings. The first kappa shape index (κ1) is 44.7. The van der Waals surface area contributed by atoms with Crippen LogP contribution < -0.4 is 31.3 Å². The van der Waals surface area contributed by atoms with E-state index in [1.165, 1.54) is 10.4 Å². The first-order chi connectivity index (χ1) is 28.8. The van der Waals surface area contributed by atoms with Crippen molar-refractivity contribution < 1.29 is 46.7 Å². The standard InChI is InChI=1S/C41H53N7O10S2/c1-60(56,57)47-22-20-27(24-47)36(51)43-29(37(52)46-41-44-30(25-59-41)26-12-5-4-6-13-26)15-8-9-21-42-33(49)17-7-2-3-10-23-58-32-16-11-14-28-35(32)40(55)48(39(28)54)31-18-19-34(50)45-38(31)53/h4-6,11-14,16,27,29-31,41,44H,2-3,7-10,15,17-25H2,1H3,(H,42,49)(H,43,51)(H,46,52)(H,45,50,53)/t27?,29-,30?,31?,41?/m0/s1. The van der Waals surface area contributed by atoms with Crippen LogP contribution >= 0.6 is 11.8 Å². The van der Waals surface area contributed by atoms with E-state index in [0.717, 1.165) is 35.3 Å². The highest BCUT2D eigenvalue weighted by Crippen LogP contribution is 2.34. The predicted molar refractivity (Wildman–Crippen MR) is 222 cm³/mol. The summed E-state index contributed by atoms with van der Waals surface area (Å²) in [6.45, 7) is 1.02. The van der Waals surface area contributed by atoms with Gasteiger partial charge >= 0.3 is 0 Å². The summed E-state index contributed by atoms with van der Waals surface area (Å²) in [6, 6.07) is 12.8. The molecule has 7 amide bonds. The zero-order valence-corrected chi connectivity index (χ0v) is 35.2. The highest BCUT2D eigenvalue weighted by atomic mass is 32.2. The summed E-state index contributed by atoms with van der Waals surface area (Å²) < 4.78 is 31.2. The molecule has 17 nitrogen and oxygen atoms in total. The molecule has 4 aliphatic rings. The van der Waals surface area contributed by atoms with Crippen molar-refractivity contribution in [2.75, 3.05) is 38.2 Å². The van der Waals surface area contributed by atoms with Gasteiger partial charge in [0.25, 0.3) is 11.8 Å². The average molecular weight is 868 g/mol. The van der Waals surface area contributed by atoms with Crippen molar-refractivity contribution in [2.45, 2.75) is 94.3 Å². The Hall–Kier alpha value is -4.85. The van der Waals surface area contributed by atoms with Gasteiger partial charge in [-0.3, -0.25) is 49.1 Å². The second-order valence-corrected chi connectivity index (χ2v) is 18.6. The number of carbonyl (C=O) groups excluding carboxylic acids is 7. The topological polar surface area (TPSA) is 229 Å². The van der Waals surface area contributed by atoms with E-state index in [9.17, 15) is 42.0 Å². The van der Waals surface area contributed by atoms with E-state index in [0.29, 0.717) is 51.5 Å². The summed E-state index contributed by atoms with van der Waals surface area (Å²) in [7, 11) is -3.43. The summed E-state index contributed by atoms with van der Waals surface area (Å²) in [6.07, 6.45) is 6.25. The van der Waals surface area contributed by atoms with Crippen LogP contribution in [0.1, 0.15) is 103 Å². The van der Waals surface area contributed by atoms with Gasteiger partial charge in [0.2, 0.25) is 39.6 Å². The lowest BCUT2D eigenvalue weighted by atomic mass is 10.0. The number of ether oxygens (including phenoxy) is 1. The molecule has 6 rings (SSSR count). The van der Waals surface area contributed by atoms with Crippen LogP contribution in [0.25, 0.3) is 0 Å². The monoisotopic (exact) mass is 867 g/mol. The number of rotatable bonds is 20. The number of carbonyl (C=O) groups is 7. The van der Waals surface area contributed by atoms with Crippen LogP contribution in [0.3, 0.4) is 0 Å². The average Bonchev–Trinajstić information content (AvgIpc) is 3.97. The molecular formula is C41H53N7O10S2. The lowest BCUT2D eigenvalue weighted by Gasteiger charge is -2.27. The fourth-order valence-electron chi connectivity index (χ4n) is 7.78. The number of thioether (sulfide) groups is 1. The highest BCUT2D eigenvalue weighted by Gasteiger charge is 2.46. The van der Waals surface area contributed by atoms with E-state index in [4.69, 9.17) is 4.74 Å². The van der Waals surface area contributed by atoms with Gasteiger partial charge in [-0.1, -0.05) is 49.2 Å². The van der Waals surface area contributed by atoms with E-state index in [1.54, 1.807) is 23.9 Å². The van der Waals surface area contributed by atoms with Gasteiger partial charge in [0.15, 0.2) is 0 Å². The number of nitrogens with one attached hydrogen (secondary N) is 5. The highest BCUT2D eigenvalue weighted by molar-refractivity contribution is 8.00. The van der Waals surface area contributed by atoms with Crippen molar-refractivity contribution in [3.05, 3.63) is 65.2 Å². The minimum atomic E-state index is -3.43. The number of fused-ring (bicyclic) bond motifs is 1. The summed E-state index contributed by atoms with van der Waals surface area (Å²) in [5.74, 6) is -2.64. The van der Waals surface area contributed by atoms with Gasteiger partial charge in [-0.05, 0) is 62.6 Å². The molecule has 3 saturated heterocycles. The second-order valence-electron chi connectivity index (χ2n) is 15.5. The third kappa shape index (κ3) is 11.5. The number of benzene rings is 2. The molecule has 2 aromatic carbocycles. The largest absolute Gasteiger partial charge is 0.493 e. The fraction of sp³-hybridized carbons (Fsp3) is 0.537. The van der Waals surface area contributed by atoms with Gasteiger partial charge < -0.3 is 20.7 Å². The van der Waals surface area contributed by atoms with Gasteiger partial charge in [0.05, 0.1) is 29.9 Å². The van der Waals surface area contributed by atoms with E-state index < -0.39 is 51.7 Å². The number of sulfonamides is 1. The molecule has 0 saturated carbocycles. The number of unbranched alkanes of at least 4 members (excludes halogenated alkanes) is 4. The molecule has 3 fully saturated rings. The number of imide groups is 2. The lowest BCUT2D eigenvalue weighted by Crippen LogP contribution is -2.54. The second kappa shape index (κ2) is 20.6. The Balaban J connectivity index is 0.879. The maximum Gasteiger partial charge on any atom is 0.266 e. The minimum Gasteiger partial charge on any atom is -0.493 e. The number of hydrogen-bond donors (Lipinski definition) is 5. The molecule has 0 bridgehead atoms. The van der Waals surface area contributed by atoms with E-state index in [-0.39, 0.29) is 78.7 Å². The summed E-state index contributed by atoms with van der Waals surface area (Å²) in [4.78, 5) is 90.5. The van der Waals surface area contributed by atoms with E-state index in [1.807, 2.05) is 30.3 Å². The SMILES string of the molecule is CS(=O)(=O)N1CCC(C(=O)N[C@@H](CCCCNC(=O)CCCCCCOc2cccc3c2C(=O)N(C2CCC(=O)NC2=O)C3=O)C(=O)NC2NC(c3ccccc3)CS2)C1. The molecule has 4 aliphatic heterocycles. The van der Waals surface area contributed by atoms with Gasteiger partial charge in [0.1, 0.15) is 23.3 Å². The zero-order chi connectivity index (χ0) is 42.8. The van der Waals surface area contributed by atoms with Crippen molar-refractivity contribution in [3.63, 3.8) is 0 Å². The van der Waals surface area contributed by atoms with Crippen molar-refractivity contribution in [1.82, 2.24) is 35.8 Å². The summed E-state index contributed by atoms with van der Waals surface area (Å²) in [5.41, 5.74) is 1.04. The minimum absolute atomic E-state index is 0.0349. The van der Waals surface area contributed by atoms with Crippen molar-refractivity contribution in [2.24, 2.45) is 5.92 Å². The maximum absolute atomic E-state index is 13.5. The molecule has 4 unspecified atom stereocenters. The van der Waals surface area contributed by atoms with Crippen LogP contribution in [0.15, 0.2) is 48.5 Å². The molecule has 4 heterocycles. The lowest BCUT2D eigenvalue weighted by molar-refractivity contribution is -0.136. The van der Waals surface area contributed by atoms with Crippen LogP contribution in [-0.4, -0.2) is 115 Å². The van der Waals surface area contributed by atoms with Crippen molar-refractivity contribution in [1.29, 1.82) is 0 Å². The van der Waals surface area contributed by atoms with Gasteiger partial charge in [-0.15, -0.1) is 11.8 Å². The Bertz CT molecular complexity index is 2050. The molecule has 0 aromatic heterocycles. The zero-order valence-electron chi connectivity index (χ0n) is 33.6. The number of piperidine rings is 1. The third-order valence-corrected chi connectivity index (χ3v) is 13.5. The number of amides is 7. The Morgan fingerprint density at radius 2 is 1.72 bits per heavy atom. The maximum atomic E-state index is 13.5. The molecule has 5 atom stereocenters. The van der Waals surface area contributed by atoms with Crippen LogP contribution in [0, 0.1) is 5.92 Å². The van der Waals surface area contributed by atoms with Crippen molar-refractivity contribution in [3.8, 4) is 5.75 Å². The molecule has 0 radical (unpaired) electrons.